The molecule has 1 aliphatic carbocycles. The number of ether oxygens (including phenoxy) is 1. The molecule has 25 heavy (non-hydrogen) atoms. The van der Waals surface area contributed by atoms with Crippen LogP contribution in [0.15, 0.2) is 0 Å². The summed E-state index contributed by atoms with van der Waals surface area (Å²) < 4.78 is 5.95. The first-order chi connectivity index (χ1) is 12.1. The summed E-state index contributed by atoms with van der Waals surface area (Å²) in [7, 11) is 0. The average Bonchev–Trinajstić information content (AvgIpc) is 2.65. The van der Waals surface area contributed by atoms with Gasteiger partial charge in [-0.3, -0.25) is 4.79 Å². The Bertz CT molecular complexity index is 344. The molecule has 0 aromatic heterocycles. The third-order valence-corrected chi connectivity index (χ3v) is 6.46. The van der Waals surface area contributed by atoms with E-state index in [0.717, 1.165) is 25.7 Å². The highest BCUT2D eigenvalue weighted by Gasteiger charge is 2.42. The Balaban J connectivity index is 2.67. The third-order valence-electron chi connectivity index (χ3n) is 6.46. The molecule has 0 radical (unpaired) electrons. The second kappa shape index (κ2) is 12.8. The second-order valence-corrected chi connectivity index (χ2v) is 8.48. The number of unbranched alkanes of at least 4 members (excludes halogenated alkanes) is 2. The summed E-state index contributed by atoms with van der Waals surface area (Å²) in [6.07, 6.45) is 16.7. The fraction of sp³-hybridized carbons (Fsp3) is 0.957. The van der Waals surface area contributed by atoms with E-state index in [2.05, 4.69) is 27.7 Å². The molecule has 2 nitrogen and oxygen atoms in total. The Kier molecular flexibility index (Phi) is 11.5. The van der Waals surface area contributed by atoms with Crippen LogP contribution in [-0.4, -0.2) is 12.6 Å². The molecular weight excluding hydrogens is 308 g/mol. The van der Waals surface area contributed by atoms with Crippen molar-refractivity contribution in [2.45, 2.75) is 118 Å². The van der Waals surface area contributed by atoms with Crippen LogP contribution >= 0.6 is 0 Å². The van der Waals surface area contributed by atoms with Gasteiger partial charge in [0.1, 0.15) is 0 Å². The molecule has 148 valence electrons. The lowest BCUT2D eigenvalue weighted by Gasteiger charge is -2.38. The van der Waals surface area contributed by atoms with E-state index in [-0.39, 0.29) is 11.4 Å². The zero-order chi connectivity index (χ0) is 18.5. The molecule has 0 aliphatic heterocycles. The van der Waals surface area contributed by atoms with Gasteiger partial charge in [0, 0.05) is 0 Å². The van der Waals surface area contributed by atoms with Crippen LogP contribution in [-0.2, 0) is 9.53 Å². The van der Waals surface area contributed by atoms with Crippen LogP contribution in [0.2, 0.25) is 0 Å². The first-order valence-electron chi connectivity index (χ1n) is 11.3. The lowest BCUT2D eigenvalue weighted by Crippen LogP contribution is -2.38. The molecule has 1 fully saturated rings. The van der Waals surface area contributed by atoms with Crippen LogP contribution in [0.4, 0.5) is 0 Å². The van der Waals surface area contributed by atoms with E-state index in [1.54, 1.807) is 0 Å². The van der Waals surface area contributed by atoms with Crippen LogP contribution in [0.3, 0.4) is 0 Å². The maximum absolute atomic E-state index is 13.1. The zero-order valence-electron chi connectivity index (χ0n) is 17.6. The molecule has 0 bridgehead atoms. The molecule has 0 amide bonds. The van der Waals surface area contributed by atoms with Crippen molar-refractivity contribution in [3.05, 3.63) is 0 Å². The van der Waals surface area contributed by atoms with Gasteiger partial charge in [-0.1, -0.05) is 91.9 Å². The molecule has 2 unspecified atom stereocenters. The summed E-state index contributed by atoms with van der Waals surface area (Å²) in [5.74, 6) is 1.37. The molecule has 1 saturated carbocycles. The van der Waals surface area contributed by atoms with Crippen LogP contribution in [0.25, 0.3) is 0 Å². The van der Waals surface area contributed by atoms with Crippen LogP contribution in [0.1, 0.15) is 118 Å². The summed E-state index contributed by atoms with van der Waals surface area (Å²) in [5, 5.41) is 0. The predicted molar refractivity (Wildman–Crippen MR) is 108 cm³/mol. The fourth-order valence-electron chi connectivity index (χ4n) is 4.46. The van der Waals surface area contributed by atoms with Gasteiger partial charge in [-0.05, 0) is 37.5 Å². The van der Waals surface area contributed by atoms with Crippen molar-refractivity contribution in [3.63, 3.8) is 0 Å². The largest absolute Gasteiger partial charge is 0.465 e. The molecule has 2 heteroatoms. The van der Waals surface area contributed by atoms with Crippen molar-refractivity contribution in [3.8, 4) is 0 Å². The smallest absolute Gasteiger partial charge is 0.312 e. The Labute approximate surface area is 157 Å². The number of esters is 1. The van der Waals surface area contributed by atoms with E-state index >= 15 is 0 Å². The van der Waals surface area contributed by atoms with E-state index < -0.39 is 0 Å². The highest BCUT2D eigenvalue weighted by Crippen LogP contribution is 2.44. The average molecular weight is 353 g/mol. The third kappa shape index (κ3) is 7.71. The van der Waals surface area contributed by atoms with Gasteiger partial charge < -0.3 is 4.74 Å². The quantitative estimate of drug-likeness (QED) is 0.325. The highest BCUT2D eigenvalue weighted by atomic mass is 16.5. The van der Waals surface area contributed by atoms with Crippen molar-refractivity contribution >= 4 is 5.97 Å². The van der Waals surface area contributed by atoms with Gasteiger partial charge in [0.2, 0.25) is 0 Å². The van der Waals surface area contributed by atoms with Crippen molar-refractivity contribution in [1.29, 1.82) is 0 Å². The van der Waals surface area contributed by atoms with Crippen LogP contribution in [0, 0.1) is 17.3 Å². The minimum absolute atomic E-state index is 0.136. The van der Waals surface area contributed by atoms with E-state index in [9.17, 15) is 4.79 Å². The fourth-order valence-corrected chi connectivity index (χ4v) is 4.46. The van der Waals surface area contributed by atoms with E-state index in [1.807, 2.05) is 0 Å². The van der Waals surface area contributed by atoms with Crippen LogP contribution < -0.4 is 0 Å². The van der Waals surface area contributed by atoms with Gasteiger partial charge >= 0.3 is 5.97 Å². The van der Waals surface area contributed by atoms with Crippen LogP contribution in [0.5, 0.6) is 0 Å². The van der Waals surface area contributed by atoms with E-state index in [1.165, 1.54) is 64.2 Å². The number of hydrogen-bond acceptors (Lipinski definition) is 2. The first-order valence-corrected chi connectivity index (χ1v) is 11.3. The number of hydrogen-bond donors (Lipinski definition) is 0. The monoisotopic (exact) mass is 352 g/mol. The molecule has 0 aromatic carbocycles. The Morgan fingerprint density at radius 1 is 0.880 bits per heavy atom. The minimum Gasteiger partial charge on any atom is -0.465 e. The van der Waals surface area contributed by atoms with E-state index in [0.29, 0.717) is 18.4 Å². The molecule has 0 aromatic rings. The van der Waals surface area contributed by atoms with Gasteiger partial charge in [0.05, 0.1) is 12.0 Å². The lowest BCUT2D eigenvalue weighted by atomic mass is 9.68. The van der Waals surface area contributed by atoms with Gasteiger partial charge in [-0.15, -0.1) is 0 Å². The summed E-state index contributed by atoms with van der Waals surface area (Å²) in [6.45, 7) is 9.65. The van der Waals surface area contributed by atoms with Gasteiger partial charge in [0.25, 0.3) is 0 Å². The first kappa shape index (κ1) is 22.5. The second-order valence-electron chi connectivity index (χ2n) is 8.48. The zero-order valence-corrected chi connectivity index (χ0v) is 17.6. The molecule has 0 heterocycles. The number of carbonyl (C=O) groups excluding carboxylic acids is 1. The van der Waals surface area contributed by atoms with Gasteiger partial charge in [-0.25, -0.2) is 0 Å². The SMILES string of the molecule is CCCCC(CC)COC(=O)C1(CC(CC)CCCC)CCCCC1. The Hall–Kier alpha value is -0.530. The van der Waals surface area contributed by atoms with E-state index in [4.69, 9.17) is 4.74 Å². The van der Waals surface area contributed by atoms with Crippen molar-refractivity contribution < 1.29 is 9.53 Å². The highest BCUT2D eigenvalue weighted by molar-refractivity contribution is 5.77. The summed E-state index contributed by atoms with van der Waals surface area (Å²) in [6, 6.07) is 0. The molecule has 1 rings (SSSR count). The maximum atomic E-state index is 13.1. The van der Waals surface area contributed by atoms with Crippen molar-refractivity contribution in [1.82, 2.24) is 0 Å². The minimum atomic E-state index is -0.171. The topological polar surface area (TPSA) is 26.3 Å². The summed E-state index contributed by atoms with van der Waals surface area (Å²) >= 11 is 0. The number of carbonyl (C=O) groups is 1. The summed E-state index contributed by atoms with van der Waals surface area (Å²) in [5.41, 5.74) is -0.171. The molecule has 1 aliphatic rings. The molecule has 0 N–H and O–H groups in total. The lowest BCUT2D eigenvalue weighted by molar-refractivity contribution is -0.161. The Morgan fingerprint density at radius 2 is 1.44 bits per heavy atom. The molecular formula is C23H44O2. The van der Waals surface area contributed by atoms with Gasteiger partial charge in [0.15, 0.2) is 0 Å². The normalized spacial score (nSPS) is 19.4. The Morgan fingerprint density at radius 3 is 1.96 bits per heavy atom. The predicted octanol–water partition coefficient (Wildman–Crippen LogP) is 7.30. The van der Waals surface area contributed by atoms with Crippen molar-refractivity contribution in [2.24, 2.45) is 17.3 Å². The van der Waals surface area contributed by atoms with Crippen molar-refractivity contribution in [2.75, 3.05) is 6.61 Å². The maximum Gasteiger partial charge on any atom is 0.312 e. The number of rotatable bonds is 13. The molecule has 0 saturated heterocycles. The molecule has 0 spiro atoms. The summed E-state index contributed by atoms with van der Waals surface area (Å²) in [4.78, 5) is 13.1. The standard InChI is InChI=1S/C23H44O2/c1-5-9-14-20(7-3)18-23(16-12-11-13-17-23)22(24)25-19-21(8-4)15-10-6-2/h20-21H,5-19H2,1-4H3. The van der Waals surface area contributed by atoms with Gasteiger partial charge in [-0.2, -0.15) is 0 Å². The molecule has 2 atom stereocenters.